The van der Waals surface area contributed by atoms with E-state index in [9.17, 15) is 9.59 Å². The Balaban J connectivity index is 1.47. The number of anilines is 2. The monoisotopic (exact) mass is 602 g/mol. The highest BCUT2D eigenvalue weighted by molar-refractivity contribution is 6.06. The van der Waals surface area contributed by atoms with Gasteiger partial charge in [0.1, 0.15) is 22.9 Å². The van der Waals surface area contributed by atoms with Crippen LogP contribution in [0, 0.1) is 13.8 Å². The average molecular weight is 603 g/mol. The van der Waals surface area contributed by atoms with E-state index >= 15 is 0 Å². The molecule has 238 valence electrons. The van der Waals surface area contributed by atoms with Gasteiger partial charge in [-0.05, 0) is 75.2 Å². The third-order valence-corrected chi connectivity index (χ3v) is 7.43. The molecule has 2 aromatic carbocycles. The van der Waals surface area contributed by atoms with E-state index in [4.69, 9.17) is 9.47 Å². The van der Waals surface area contributed by atoms with Gasteiger partial charge in [-0.15, -0.1) is 0 Å². The summed E-state index contributed by atoms with van der Waals surface area (Å²) in [7, 11) is 0. The van der Waals surface area contributed by atoms with Gasteiger partial charge in [0.2, 0.25) is 0 Å². The standard InChI is InChI=1S/C36H50N4O4/c1-5-7-9-11-13-15-25-43-31-21-17-29(18-22-31)39-35(41)33-27(3)38-34(28(4)37-33)36(42)40-30-19-23-32(24-20-30)44-26-16-14-12-10-8-6-2/h17-24H,5-16,25-26H2,1-4H3,(H,39,41)(H,40,42). The number of aromatic nitrogens is 2. The zero-order valence-electron chi connectivity index (χ0n) is 27.0. The summed E-state index contributed by atoms with van der Waals surface area (Å²) in [6.45, 7) is 9.16. The molecule has 1 aromatic heterocycles. The first-order valence-electron chi connectivity index (χ1n) is 16.3. The predicted octanol–water partition coefficient (Wildman–Crippen LogP) is 9.08. The second kappa shape index (κ2) is 19.4. The molecule has 0 aliphatic carbocycles. The number of nitrogens with one attached hydrogen (secondary N) is 2. The molecule has 3 aromatic rings. The van der Waals surface area contributed by atoms with Crippen LogP contribution in [-0.2, 0) is 0 Å². The maximum atomic E-state index is 13.0. The van der Waals surface area contributed by atoms with Crippen molar-refractivity contribution in [2.75, 3.05) is 23.8 Å². The Kier molecular flexibility index (Phi) is 15.2. The van der Waals surface area contributed by atoms with Crippen LogP contribution in [0.5, 0.6) is 11.5 Å². The van der Waals surface area contributed by atoms with Gasteiger partial charge in [-0.1, -0.05) is 78.1 Å². The van der Waals surface area contributed by atoms with E-state index in [0.29, 0.717) is 36.0 Å². The summed E-state index contributed by atoms with van der Waals surface area (Å²) >= 11 is 0. The molecule has 3 rings (SSSR count). The molecular weight excluding hydrogens is 552 g/mol. The highest BCUT2D eigenvalue weighted by atomic mass is 16.5. The number of ether oxygens (including phenoxy) is 2. The van der Waals surface area contributed by atoms with Crippen LogP contribution in [0.25, 0.3) is 0 Å². The van der Waals surface area contributed by atoms with Crippen LogP contribution >= 0.6 is 0 Å². The first-order chi connectivity index (χ1) is 21.4. The highest BCUT2D eigenvalue weighted by Crippen LogP contribution is 2.20. The van der Waals surface area contributed by atoms with Crippen LogP contribution in [0.4, 0.5) is 11.4 Å². The number of nitrogens with zero attached hydrogens (tertiary/aromatic N) is 2. The minimum atomic E-state index is -0.387. The minimum absolute atomic E-state index is 0.175. The van der Waals surface area contributed by atoms with Gasteiger partial charge in [0.25, 0.3) is 11.8 Å². The topological polar surface area (TPSA) is 102 Å². The van der Waals surface area contributed by atoms with Gasteiger partial charge >= 0.3 is 0 Å². The fourth-order valence-corrected chi connectivity index (χ4v) is 4.83. The van der Waals surface area contributed by atoms with Gasteiger partial charge < -0.3 is 20.1 Å². The quantitative estimate of drug-likeness (QED) is 0.125. The van der Waals surface area contributed by atoms with E-state index in [1.54, 1.807) is 38.1 Å². The predicted molar refractivity (Wildman–Crippen MR) is 178 cm³/mol. The Morgan fingerprint density at radius 1 is 0.545 bits per heavy atom. The molecule has 0 radical (unpaired) electrons. The van der Waals surface area contributed by atoms with Crippen LogP contribution in [0.15, 0.2) is 48.5 Å². The van der Waals surface area contributed by atoms with Crippen molar-refractivity contribution in [3.8, 4) is 11.5 Å². The van der Waals surface area contributed by atoms with Crippen molar-refractivity contribution in [1.29, 1.82) is 0 Å². The minimum Gasteiger partial charge on any atom is -0.494 e. The van der Waals surface area contributed by atoms with Gasteiger partial charge in [0.05, 0.1) is 24.6 Å². The summed E-state index contributed by atoms with van der Waals surface area (Å²) in [6.07, 6.45) is 14.6. The van der Waals surface area contributed by atoms with E-state index in [1.165, 1.54) is 64.2 Å². The zero-order valence-corrected chi connectivity index (χ0v) is 27.0. The van der Waals surface area contributed by atoms with Crippen molar-refractivity contribution < 1.29 is 19.1 Å². The molecule has 0 saturated carbocycles. The maximum Gasteiger partial charge on any atom is 0.276 e. The SMILES string of the molecule is CCCCCCCCOc1ccc(NC(=O)c2nc(C)c(C(=O)Nc3ccc(OCCCCCCCC)cc3)nc2C)cc1. The first kappa shape index (κ1) is 34.5. The summed E-state index contributed by atoms with van der Waals surface area (Å²) in [5.74, 6) is 0.771. The van der Waals surface area contributed by atoms with E-state index in [-0.39, 0.29) is 23.2 Å². The molecule has 0 aliphatic heterocycles. The van der Waals surface area contributed by atoms with Crippen LogP contribution in [-0.4, -0.2) is 35.0 Å². The summed E-state index contributed by atoms with van der Waals surface area (Å²) in [5.41, 5.74) is 2.35. The fraction of sp³-hybridized carbons (Fsp3) is 0.500. The Bertz CT molecular complexity index is 1190. The van der Waals surface area contributed by atoms with Crippen molar-refractivity contribution in [3.63, 3.8) is 0 Å². The molecular formula is C36H50N4O4. The summed E-state index contributed by atoms with van der Waals surface area (Å²) < 4.78 is 11.7. The molecule has 0 saturated heterocycles. The molecule has 2 N–H and O–H groups in total. The second-order valence-corrected chi connectivity index (χ2v) is 11.3. The Labute approximate surface area is 263 Å². The Morgan fingerprint density at radius 3 is 1.25 bits per heavy atom. The number of amides is 2. The number of carbonyl (C=O) groups excluding carboxylic acids is 2. The number of hydrogen-bond acceptors (Lipinski definition) is 6. The average Bonchev–Trinajstić information content (AvgIpc) is 3.02. The Hall–Kier alpha value is -3.94. The fourth-order valence-electron chi connectivity index (χ4n) is 4.83. The smallest absolute Gasteiger partial charge is 0.276 e. The van der Waals surface area contributed by atoms with Crippen molar-refractivity contribution in [3.05, 3.63) is 71.3 Å². The molecule has 0 spiro atoms. The van der Waals surface area contributed by atoms with Gasteiger partial charge in [0, 0.05) is 11.4 Å². The van der Waals surface area contributed by atoms with Crippen molar-refractivity contribution >= 4 is 23.2 Å². The molecule has 0 fully saturated rings. The van der Waals surface area contributed by atoms with Gasteiger partial charge in [-0.2, -0.15) is 0 Å². The van der Waals surface area contributed by atoms with Crippen molar-refractivity contribution in [2.24, 2.45) is 0 Å². The van der Waals surface area contributed by atoms with E-state index < -0.39 is 0 Å². The van der Waals surface area contributed by atoms with Gasteiger partial charge in [-0.3, -0.25) is 9.59 Å². The molecule has 44 heavy (non-hydrogen) atoms. The second-order valence-electron chi connectivity index (χ2n) is 11.3. The third-order valence-electron chi connectivity index (χ3n) is 7.43. The molecule has 0 aliphatic rings. The molecule has 2 amide bonds. The lowest BCUT2D eigenvalue weighted by Crippen LogP contribution is -2.21. The van der Waals surface area contributed by atoms with Crippen LogP contribution < -0.4 is 20.1 Å². The molecule has 8 nitrogen and oxygen atoms in total. The lowest BCUT2D eigenvalue weighted by atomic mass is 10.1. The third kappa shape index (κ3) is 12.0. The molecule has 8 heteroatoms. The summed E-state index contributed by atoms with van der Waals surface area (Å²) in [4.78, 5) is 34.8. The van der Waals surface area contributed by atoms with Crippen LogP contribution in [0.1, 0.15) is 123 Å². The number of rotatable bonds is 20. The van der Waals surface area contributed by atoms with E-state index in [0.717, 1.165) is 24.3 Å². The number of carbonyl (C=O) groups is 2. The van der Waals surface area contributed by atoms with Crippen LogP contribution in [0.3, 0.4) is 0 Å². The molecule has 0 atom stereocenters. The van der Waals surface area contributed by atoms with Crippen molar-refractivity contribution in [2.45, 2.75) is 105 Å². The van der Waals surface area contributed by atoms with E-state index in [1.807, 2.05) is 24.3 Å². The normalized spacial score (nSPS) is 10.8. The van der Waals surface area contributed by atoms with Crippen LogP contribution in [0.2, 0.25) is 0 Å². The molecule has 0 bridgehead atoms. The van der Waals surface area contributed by atoms with Crippen molar-refractivity contribution in [1.82, 2.24) is 9.97 Å². The number of hydrogen-bond donors (Lipinski definition) is 2. The summed E-state index contributed by atoms with van der Waals surface area (Å²) in [6, 6.07) is 14.6. The molecule has 1 heterocycles. The lowest BCUT2D eigenvalue weighted by molar-refractivity contribution is 0.100. The lowest BCUT2D eigenvalue weighted by Gasteiger charge is -2.12. The maximum absolute atomic E-state index is 13.0. The first-order valence-corrected chi connectivity index (χ1v) is 16.3. The van der Waals surface area contributed by atoms with Gasteiger partial charge in [-0.25, -0.2) is 9.97 Å². The number of aryl methyl sites for hydroxylation is 2. The van der Waals surface area contributed by atoms with Gasteiger partial charge in [0.15, 0.2) is 0 Å². The summed E-state index contributed by atoms with van der Waals surface area (Å²) in [5, 5.41) is 5.73. The molecule has 0 unspecified atom stereocenters. The number of unbranched alkanes of at least 4 members (excludes halogenated alkanes) is 10. The Morgan fingerprint density at radius 2 is 0.886 bits per heavy atom. The largest absolute Gasteiger partial charge is 0.494 e. The highest BCUT2D eigenvalue weighted by Gasteiger charge is 2.19. The zero-order chi connectivity index (χ0) is 31.6. The van der Waals surface area contributed by atoms with E-state index in [2.05, 4.69) is 34.4 Å². The number of benzene rings is 2.